The standard InChI is InChI=1S/C17H19N3O/c1-13-6-3-4-7-14(13)12-19-16(15-8-5-11-21-15)17-18-9-10-20(17)2/h3-11,16,19H,12H2,1-2H3. The van der Waals surface area contributed by atoms with E-state index >= 15 is 0 Å². The van der Waals surface area contributed by atoms with Gasteiger partial charge in [-0.15, -0.1) is 0 Å². The van der Waals surface area contributed by atoms with Crippen LogP contribution in [0.25, 0.3) is 0 Å². The average molecular weight is 281 g/mol. The molecule has 1 N–H and O–H groups in total. The van der Waals surface area contributed by atoms with Crippen LogP contribution < -0.4 is 5.32 Å². The van der Waals surface area contributed by atoms with Crippen LogP contribution in [0.4, 0.5) is 0 Å². The summed E-state index contributed by atoms with van der Waals surface area (Å²) in [6, 6.07) is 12.2. The Morgan fingerprint density at radius 3 is 2.76 bits per heavy atom. The van der Waals surface area contributed by atoms with E-state index in [1.54, 1.807) is 12.5 Å². The highest BCUT2D eigenvalue weighted by Crippen LogP contribution is 2.21. The van der Waals surface area contributed by atoms with Gasteiger partial charge in [-0.2, -0.15) is 0 Å². The third-order valence-corrected chi connectivity index (χ3v) is 3.70. The first-order chi connectivity index (χ1) is 10.3. The fourth-order valence-electron chi connectivity index (χ4n) is 2.45. The molecule has 3 rings (SSSR count). The summed E-state index contributed by atoms with van der Waals surface area (Å²) in [5.41, 5.74) is 2.56. The molecule has 4 heteroatoms. The van der Waals surface area contributed by atoms with Gasteiger partial charge < -0.3 is 8.98 Å². The topological polar surface area (TPSA) is 43.0 Å². The van der Waals surface area contributed by atoms with Crippen molar-refractivity contribution in [3.05, 3.63) is 77.8 Å². The van der Waals surface area contributed by atoms with Crippen molar-refractivity contribution in [2.24, 2.45) is 7.05 Å². The van der Waals surface area contributed by atoms with E-state index in [1.807, 2.05) is 29.9 Å². The summed E-state index contributed by atoms with van der Waals surface area (Å²) in [5, 5.41) is 3.55. The van der Waals surface area contributed by atoms with Crippen LogP contribution in [0.2, 0.25) is 0 Å². The molecule has 0 amide bonds. The molecular weight excluding hydrogens is 262 g/mol. The Bertz CT molecular complexity index is 700. The molecule has 0 bridgehead atoms. The summed E-state index contributed by atoms with van der Waals surface area (Å²) in [5.74, 6) is 1.82. The Labute approximate surface area is 124 Å². The maximum atomic E-state index is 5.58. The van der Waals surface area contributed by atoms with Crippen molar-refractivity contribution in [2.75, 3.05) is 0 Å². The lowest BCUT2D eigenvalue weighted by atomic mass is 10.1. The molecule has 1 aromatic carbocycles. The Kier molecular flexibility index (Phi) is 3.88. The SMILES string of the molecule is Cc1ccccc1CNC(c1ccco1)c1nccn1C. The summed E-state index contributed by atoms with van der Waals surface area (Å²) in [7, 11) is 1.99. The van der Waals surface area contributed by atoms with Crippen molar-refractivity contribution < 1.29 is 4.42 Å². The highest BCUT2D eigenvalue weighted by molar-refractivity contribution is 5.26. The van der Waals surface area contributed by atoms with E-state index in [1.165, 1.54) is 11.1 Å². The quantitative estimate of drug-likeness (QED) is 0.781. The Hall–Kier alpha value is -2.33. The molecule has 21 heavy (non-hydrogen) atoms. The van der Waals surface area contributed by atoms with Crippen LogP contribution in [0.5, 0.6) is 0 Å². The maximum absolute atomic E-state index is 5.58. The molecule has 0 aliphatic rings. The van der Waals surface area contributed by atoms with Crippen molar-refractivity contribution in [1.82, 2.24) is 14.9 Å². The van der Waals surface area contributed by atoms with Gasteiger partial charge in [0, 0.05) is 26.0 Å². The number of furan rings is 1. The Morgan fingerprint density at radius 1 is 1.24 bits per heavy atom. The van der Waals surface area contributed by atoms with Crippen molar-refractivity contribution in [1.29, 1.82) is 0 Å². The second-order valence-electron chi connectivity index (χ2n) is 5.15. The minimum atomic E-state index is -0.0559. The van der Waals surface area contributed by atoms with Crippen LogP contribution in [0.3, 0.4) is 0 Å². The van der Waals surface area contributed by atoms with E-state index in [2.05, 4.69) is 41.5 Å². The number of benzene rings is 1. The zero-order valence-electron chi connectivity index (χ0n) is 12.3. The van der Waals surface area contributed by atoms with E-state index in [9.17, 15) is 0 Å². The van der Waals surface area contributed by atoms with Gasteiger partial charge in [0.2, 0.25) is 0 Å². The molecule has 1 atom stereocenters. The molecule has 0 saturated heterocycles. The molecule has 2 heterocycles. The molecule has 108 valence electrons. The van der Waals surface area contributed by atoms with Gasteiger partial charge in [0.15, 0.2) is 0 Å². The smallest absolute Gasteiger partial charge is 0.133 e. The summed E-state index contributed by atoms with van der Waals surface area (Å²) < 4.78 is 7.59. The third kappa shape index (κ3) is 2.90. The number of nitrogens with zero attached hydrogens (tertiary/aromatic N) is 2. The van der Waals surface area contributed by atoms with Crippen LogP contribution in [0, 0.1) is 6.92 Å². The van der Waals surface area contributed by atoms with Gasteiger partial charge in [-0.05, 0) is 30.2 Å². The van der Waals surface area contributed by atoms with Crippen molar-refractivity contribution in [3.63, 3.8) is 0 Å². The van der Waals surface area contributed by atoms with Gasteiger partial charge in [-0.1, -0.05) is 24.3 Å². The Balaban J connectivity index is 1.84. The molecule has 0 aliphatic heterocycles. The first-order valence-corrected chi connectivity index (χ1v) is 7.04. The second-order valence-corrected chi connectivity index (χ2v) is 5.15. The zero-order chi connectivity index (χ0) is 14.7. The van der Waals surface area contributed by atoms with Crippen LogP contribution in [-0.2, 0) is 13.6 Å². The summed E-state index contributed by atoms with van der Waals surface area (Å²) in [4.78, 5) is 4.45. The first kappa shape index (κ1) is 13.6. The fraction of sp³-hybridized carbons (Fsp3) is 0.235. The number of imidazole rings is 1. The normalized spacial score (nSPS) is 12.5. The number of hydrogen-bond donors (Lipinski definition) is 1. The van der Waals surface area contributed by atoms with E-state index in [0.717, 1.165) is 18.1 Å². The summed E-state index contributed by atoms with van der Waals surface area (Å²) in [6.45, 7) is 2.89. The number of nitrogens with one attached hydrogen (secondary N) is 1. The van der Waals surface area contributed by atoms with Gasteiger partial charge in [0.05, 0.1) is 6.26 Å². The molecule has 0 radical (unpaired) electrons. The zero-order valence-corrected chi connectivity index (χ0v) is 12.3. The van der Waals surface area contributed by atoms with Crippen molar-refractivity contribution in [2.45, 2.75) is 19.5 Å². The molecule has 1 unspecified atom stereocenters. The van der Waals surface area contributed by atoms with Crippen LogP contribution >= 0.6 is 0 Å². The number of aromatic nitrogens is 2. The van der Waals surface area contributed by atoms with E-state index in [0.29, 0.717) is 0 Å². The third-order valence-electron chi connectivity index (χ3n) is 3.70. The Morgan fingerprint density at radius 2 is 2.10 bits per heavy atom. The van der Waals surface area contributed by atoms with Crippen LogP contribution in [-0.4, -0.2) is 9.55 Å². The van der Waals surface area contributed by atoms with Crippen molar-refractivity contribution in [3.8, 4) is 0 Å². The average Bonchev–Trinajstić information content (AvgIpc) is 3.14. The number of hydrogen-bond acceptors (Lipinski definition) is 3. The van der Waals surface area contributed by atoms with Gasteiger partial charge in [0.25, 0.3) is 0 Å². The minimum absolute atomic E-state index is 0.0559. The molecule has 3 aromatic rings. The summed E-state index contributed by atoms with van der Waals surface area (Å²) in [6.07, 6.45) is 5.45. The maximum Gasteiger partial charge on any atom is 0.133 e. The first-order valence-electron chi connectivity index (χ1n) is 7.04. The van der Waals surface area contributed by atoms with Gasteiger partial charge >= 0.3 is 0 Å². The van der Waals surface area contributed by atoms with Gasteiger partial charge in [-0.3, -0.25) is 5.32 Å². The van der Waals surface area contributed by atoms with Gasteiger partial charge in [-0.25, -0.2) is 4.98 Å². The molecule has 0 fully saturated rings. The highest BCUT2D eigenvalue weighted by atomic mass is 16.3. The monoisotopic (exact) mass is 281 g/mol. The minimum Gasteiger partial charge on any atom is -0.467 e. The van der Waals surface area contributed by atoms with Crippen LogP contribution in [0.15, 0.2) is 59.5 Å². The molecule has 0 aliphatic carbocycles. The fourth-order valence-corrected chi connectivity index (χ4v) is 2.45. The number of aryl methyl sites for hydroxylation is 2. The van der Waals surface area contributed by atoms with Crippen LogP contribution in [0.1, 0.15) is 28.8 Å². The lowest BCUT2D eigenvalue weighted by Gasteiger charge is -2.17. The lowest BCUT2D eigenvalue weighted by Crippen LogP contribution is -2.24. The van der Waals surface area contributed by atoms with Gasteiger partial charge in [0.1, 0.15) is 17.6 Å². The molecule has 4 nitrogen and oxygen atoms in total. The predicted octanol–water partition coefficient (Wildman–Crippen LogP) is 3.20. The second kappa shape index (κ2) is 5.97. The lowest BCUT2D eigenvalue weighted by molar-refractivity contribution is 0.429. The molecule has 2 aromatic heterocycles. The largest absolute Gasteiger partial charge is 0.467 e. The summed E-state index contributed by atoms with van der Waals surface area (Å²) >= 11 is 0. The van der Waals surface area contributed by atoms with E-state index < -0.39 is 0 Å². The van der Waals surface area contributed by atoms with Crippen molar-refractivity contribution >= 4 is 0 Å². The molecule has 0 saturated carbocycles. The number of rotatable bonds is 5. The molecular formula is C17H19N3O. The van der Waals surface area contributed by atoms with E-state index in [-0.39, 0.29) is 6.04 Å². The van der Waals surface area contributed by atoms with E-state index in [4.69, 9.17) is 4.42 Å². The highest BCUT2D eigenvalue weighted by Gasteiger charge is 2.20. The predicted molar refractivity (Wildman–Crippen MR) is 81.8 cm³/mol. The molecule has 0 spiro atoms.